The molecule has 0 aliphatic heterocycles. The zero-order valence-corrected chi connectivity index (χ0v) is 10.4. The Bertz CT molecular complexity index is 369. The molecule has 1 rings (SSSR count). The van der Waals surface area contributed by atoms with E-state index in [0.717, 1.165) is 24.8 Å². The molecule has 0 aliphatic carbocycles. The van der Waals surface area contributed by atoms with Crippen molar-refractivity contribution >= 4 is 11.6 Å². The van der Waals surface area contributed by atoms with E-state index in [1.54, 1.807) is 20.1 Å². The number of benzene rings is 1. The number of unbranched alkanes of at least 4 members (excludes halogenated alkanes) is 1. The highest BCUT2D eigenvalue weighted by atomic mass is 35.5. The van der Waals surface area contributed by atoms with Crippen molar-refractivity contribution in [3.05, 3.63) is 28.0 Å². The van der Waals surface area contributed by atoms with Gasteiger partial charge in [-0.1, -0.05) is 11.6 Å². The summed E-state index contributed by atoms with van der Waals surface area (Å²) in [6.45, 7) is 2.34. The Morgan fingerprint density at radius 2 is 2.12 bits per heavy atom. The average molecular weight is 246 g/mol. The number of ether oxygens (including phenoxy) is 1. The quantitative estimate of drug-likeness (QED) is 0.810. The van der Waals surface area contributed by atoms with Crippen LogP contribution in [0.25, 0.3) is 0 Å². The van der Waals surface area contributed by atoms with E-state index in [1.165, 1.54) is 0 Å². The van der Waals surface area contributed by atoms with Crippen LogP contribution in [0, 0.1) is 12.7 Å². The standard InChI is InChI=1S/C12H17ClFNO/c1-8-11(14)10(13)7-9(12(8)16-2)5-3-4-6-15/h7H,3-6,15H2,1-2H3. The number of halogens is 2. The third-order valence-electron chi connectivity index (χ3n) is 2.58. The Labute approximate surface area is 101 Å². The highest BCUT2D eigenvalue weighted by molar-refractivity contribution is 6.30. The molecule has 0 spiro atoms. The molecule has 0 amide bonds. The zero-order valence-electron chi connectivity index (χ0n) is 9.65. The molecule has 0 heterocycles. The normalized spacial score (nSPS) is 10.6. The second kappa shape index (κ2) is 6.06. The summed E-state index contributed by atoms with van der Waals surface area (Å²) in [7, 11) is 1.54. The largest absolute Gasteiger partial charge is 0.496 e. The van der Waals surface area contributed by atoms with Gasteiger partial charge in [0.15, 0.2) is 0 Å². The van der Waals surface area contributed by atoms with Crippen molar-refractivity contribution in [1.29, 1.82) is 0 Å². The fourth-order valence-electron chi connectivity index (χ4n) is 1.73. The molecule has 0 atom stereocenters. The Hall–Kier alpha value is -0.800. The minimum atomic E-state index is -0.402. The highest BCUT2D eigenvalue weighted by Gasteiger charge is 2.14. The Morgan fingerprint density at radius 3 is 2.69 bits per heavy atom. The van der Waals surface area contributed by atoms with Crippen LogP contribution < -0.4 is 10.5 Å². The maximum absolute atomic E-state index is 13.5. The van der Waals surface area contributed by atoms with Gasteiger partial charge in [0, 0.05) is 5.56 Å². The molecule has 1 aromatic rings. The number of methoxy groups -OCH3 is 1. The lowest BCUT2D eigenvalue weighted by molar-refractivity contribution is 0.401. The van der Waals surface area contributed by atoms with Gasteiger partial charge in [-0.05, 0) is 44.4 Å². The molecule has 16 heavy (non-hydrogen) atoms. The van der Waals surface area contributed by atoms with E-state index < -0.39 is 5.82 Å². The lowest BCUT2D eigenvalue weighted by atomic mass is 10.0. The monoisotopic (exact) mass is 245 g/mol. The number of nitrogens with two attached hydrogens (primary N) is 1. The molecule has 1 aromatic carbocycles. The lowest BCUT2D eigenvalue weighted by Crippen LogP contribution is -2.02. The number of hydrogen-bond donors (Lipinski definition) is 1. The Balaban J connectivity index is 2.98. The zero-order chi connectivity index (χ0) is 12.1. The maximum atomic E-state index is 13.5. The van der Waals surface area contributed by atoms with Crippen LogP contribution in [0.3, 0.4) is 0 Å². The average Bonchev–Trinajstić information content (AvgIpc) is 2.27. The topological polar surface area (TPSA) is 35.2 Å². The molecule has 2 nitrogen and oxygen atoms in total. The van der Waals surface area contributed by atoms with Crippen LogP contribution >= 0.6 is 11.6 Å². The Morgan fingerprint density at radius 1 is 1.44 bits per heavy atom. The van der Waals surface area contributed by atoms with Crippen molar-refractivity contribution in [2.45, 2.75) is 26.2 Å². The second-order valence-corrected chi connectivity index (χ2v) is 4.14. The van der Waals surface area contributed by atoms with Crippen molar-refractivity contribution in [1.82, 2.24) is 0 Å². The van der Waals surface area contributed by atoms with E-state index in [0.29, 0.717) is 17.9 Å². The molecule has 0 saturated heterocycles. The molecular formula is C12H17ClFNO. The predicted octanol–water partition coefficient (Wildman–Crippen LogP) is 3.08. The van der Waals surface area contributed by atoms with Gasteiger partial charge in [0.2, 0.25) is 0 Å². The molecule has 0 fully saturated rings. The molecule has 0 radical (unpaired) electrons. The van der Waals surface area contributed by atoms with Crippen molar-refractivity contribution in [3.63, 3.8) is 0 Å². The number of rotatable bonds is 5. The molecule has 0 unspecified atom stereocenters. The van der Waals surface area contributed by atoms with Crippen molar-refractivity contribution in [2.75, 3.05) is 13.7 Å². The van der Waals surface area contributed by atoms with Gasteiger partial charge >= 0.3 is 0 Å². The summed E-state index contributed by atoms with van der Waals surface area (Å²) in [5.41, 5.74) is 6.84. The summed E-state index contributed by atoms with van der Waals surface area (Å²) in [5.74, 6) is 0.194. The van der Waals surface area contributed by atoms with E-state index in [2.05, 4.69) is 0 Å². The van der Waals surface area contributed by atoms with Crippen molar-refractivity contribution in [3.8, 4) is 5.75 Å². The molecular weight excluding hydrogens is 229 g/mol. The van der Waals surface area contributed by atoms with E-state index in [-0.39, 0.29) is 5.02 Å². The van der Waals surface area contributed by atoms with Crippen LogP contribution in [0.5, 0.6) is 5.75 Å². The van der Waals surface area contributed by atoms with Gasteiger partial charge in [-0.3, -0.25) is 0 Å². The summed E-state index contributed by atoms with van der Waals surface area (Å²) >= 11 is 5.81. The van der Waals surface area contributed by atoms with Gasteiger partial charge in [0.05, 0.1) is 12.1 Å². The first-order valence-corrected chi connectivity index (χ1v) is 5.71. The molecule has 0 bridgehead atoms. The molecule has 4 heteroatoms. The first-order valence-electron chi connectivity index (χ1n) is 5.33. The predicted molar refractivity (Wildman–Crippen MR) is 64.7 cm³/mol. The van der Waals surface area contributed by atoms with Crippen LogP contribution in [0.4, 0.5) is 4.39 Å². The van der Waals surface area contributed by atoms with Gasteiger partial charge < -0.3 is 10.5 Å². The maximum Gasteiger partial charge on any atom is 0.148 e. The molecule has 2 N–H and O–H groups in total. The smallest absolute Gasteiger partial charge is 0.148 e. The minimum Gasteiger partial charge on any atom is -0.496 e. The summed E-state index contributed by atoms with van der Waals surface area (Å²) in [4.78, 5) is 0. The van der Waals surface area contributed by atoms with Crippen molar-refractivity contribution in [2.24, 2.45) is 5.73 Å². The van der Waals surface area contributed by atoms with Gasteiger partial charge in [0.1, 0.15) is 11.6 Å². The van der Waals surface area contributed by atoms with Crippen LogP contribution in [0.2, 0.25) is 5.02 Å². The summed E-state index contributed by atoms with van der Waals surface area (Å²) in [6, 6.07) is 1.64. The van der Waals surface area contributed by atoms with E-state index in [9.17, 15) is 4.39 Å². The summed E-state index contributed by atoms with van der Waals surface area (Å²) in [6.07, 6.45) is 2.70. The summed E-state index contributed by atoms with van der Waals surface area (Å²) < 4.78 is 18.7. The van der Waals surface area contributed by atoms with Crippen LogP contribution in [-0.4, -0.2) is 13.7 Å². The molecule has 0 aromatic heterocycles. The van der Waals surface area contributed by atoms with E-state index in [1.807, 2.05) is 0 Å². The fraction of sp³-hybridized carbons (Fsp3) is 0.500. The molecule has 90 valence electrons. The van der Waals surface area contributed by atoms with Gasteiger partial charge in [-0.2, -0.15) is 0 Å². The van der Waals surface area contributed by atoms with Crippen LogP contribution in [0.1, 0.15) is 24.0 Å². The first kappa shape index (κ1) is 13.3. The summed E-state index contributed by atoms with van der Waals surface area (Å²) in [5, 5.41) is 0.154. The SMILES string of the molecule is COc1c(CCCCN)cc(Cl)c(F)c1C. The second-order valence-electron chi connectivity index (χ2n) is 3.74. The Kier molecular flexibility index (Phi) is 5.03. The minimum absolute atomic E-state index is 0.154. The van der Waals surface area contributed by atoms with Gasteiger partial charge in [-0.15, -0.1) is 0 Å². The molecule has 0 aliphatic rings. The van der Waals surface area contributed by atoms with Gasteiger partial charge in [-0.25, -0.2) is 4.39 Å². The number of hydrogen-bond acceptors (Lipinski definition) is 2. The fourth-order valence-corrected chi connectivity index (χ4v) is 2.00. The third-order valence-corrected chi connectivity index (χ3v) is 2.85. The van der Waals surface area contributed by atoms with E-state index in [4.69, 9.17) is 22.1 Å². The molecule has 0 saturated carbocycles. The van der Waals surface area contributed by atoms with Crippen LogP contribution in [0.15, 0.2) is 6.07 Å². The van der Waals surface area contributed by atoms with Crippen LogP contribution in [-0.2, 0) is 6.42 Å². The van der Waals surface area contributed by atoms with Crippen molar-refractivity contribution < 1.29 is 9.13 Å². The van der Waals surface area contributed by atoms with Gasteiger partial charge in [0.25, 0.3) is 0 Å². The first-order chi connectivity index (χ1) is 7.61. The lowest BCUT2D eigenvalue weighted by Gasteiger charge is -2.13. The third kappa shape index (κ3) is 2.86. The highest BCUT2D eigenvalue weighted by Crippen LogP contribution is 2.31. The number of aryl methyl sites for hydroxylation is 1. The van der Waals surface area contributed by atoms with E-state index >= 15 is 0 Å².